The topological polar surface area (TPSA) is 118 Å². The van der Waals surface area contributed by atoms with Crippen molar-refractivity contribution in [3.63, 3.8) is 0 Å². The maximum atomic E-state index is 13.5. The Balaban J connectivity index is 1.61. The van der Waals surface area contributed by atoms with Gasteiger partial charge in [-0.1, -0.05) is 43.0 Å². The average molecular weight is 504 g/mol. The van der Waals surface area contributed by atoms with Gasteiger partial charge in [-0.15, -0.1) is 0 Å². The number of primary sulfonamides is 1. The summed E-state index contributed by atoms with van der Waals surface area (Å²) >= 11 is 5.96. The van der Waals surface area contributed by atoms with Crippen LogP contribution in [0.5, 0.6) is 0 Å². The van der Waals surface area contributed by atoms with Crippen molar-refractivity contribution in [2.45, 2.75) is 61.9 Å². The summed E-state index contributed by atoms with van der Waals surface area (Å²) in [6.07, 6.45) is 4.57. The largest absolute Gasteiger partial charge is 0.327 e. The highest BCUT2D eigenvalue weighted by Crippen LogP contribution is 2.32. The van der Waals surface area contributed by atoms with Crippen LogP contribution in [-0.4, -0.2) is 43.1 Å². The maximum Gasteiger partial charge on any atom is 0.257 e. The summed E-state index contributed by atoms with van der Waals surface area (Å²) in [5.74, 6) is -1.12. The minimum atomic E-state index is -3.90. The fourth-order valence-corrected chi connectivity index (χ4v) is 5.39. The molecule has 1 unspecified atom stereocenters. The number of anilines is 1. The number of hydrogen-bond donors (Lipinski definition) is 1. The van der Waals surface area contributed by atoms with E-state index in [9.17, 15) is 22.8 Å². The molecule has 1 heterocycles. The van der Waals surface area contributed by atoms with E-state index in [-0.39, 0.29) is 35.4 Å². The highest BCUT2D eigenvalue weighted by molar-refractivity contribution is 7.89. The second kappa shape index (κ2) is 9.85. The van der Waals surface area contributed by atoms with Gasteiger partial charge in [0, 0.05) is 11.1 Å². The molecule has 1 saturated heterocycles. The highest BCUT2D eigenvalue weighted by Gasteiger charge is 2.46. The first-order valence-electron chi connectivity index (χ1n) is 11.2. The van der Waals surface area contributed by atoms with E-state index in [0.717, 1.165) is 42.6 Å². The number of benzene rings is 2. The summed E-state index contributed by atoms with van der Waals surface area (Å²) in [6.45, 7) is 0. The van der Waals surface area contributed by atoms with E-state index in [1.54, 1.807) is 29.2 Å². The smallest absolute Gasteiger partial charge is 0.257 e. The van der Waals surface area contributed by atoms with Gasteiger partial charge in [-0.25, -0.2) is 18.5 Å². The molecule has 34 heavy (non-hydrogen) atoms. The Kier molecular flexibility index (Phi) is 7.06. The van der Waals surface area contributed by atoms with Crippen LogP contribution in [0.2, 0.25) is 5.02 Å². The number of imide groups is 1. The quantitative estimate of drug-likeness (QED) is 0.608. The van der Waals surface area contributed by atoms with Crippen LogP contribution in [0.15, 0.2) is 53.4 Å². The summed E-state index contributed by atoms with van der Waals surface area (Å²) in [6, 6.07) is 11.2. The van der Waals surface area contributed by atoms with E-state index < -0.39 is 27.9 Å². The second-order valence-electron chi connectivity index (χ2n) is 8.72. The molecule has 2 aliphatic rings. The van der Waals surface area contributed by atoms with Gasteiger partial charge in [-0.3, -0.25) is 14.4 Å². The normalized spacial score (nSPS) is 19.5. The number of carbonyl (C=O) groups is 3. The Morgan fingerprint density at radius 1 is 1.00 bits per heavy atom. The molecular formula is C24H26ClN3O5S. The SMILES string of the molecule is NS(=O)(=O)c1ccc(N2C(=O)CC(N(C(=O)Cc3ccc(Cl)cc3)C3CCCCC3)C2=O)cc1. The molecule has 8 nitrogen and oxygen atoms in total. The lowest BCUT2D eigenvalue weighted by atomic mass is 9.92. The van der Waals surface area contributed by atoms with Gasteiger partial charge in [0.05, 0.1) is 23.4 Å². The number of nitrogens with two attached hydrogens (primary N) is 1. The minimum Gasteiger partial charge on any atom is -0.327 e. The molecule has 4 rings (SSSR count). The molecule has 1 atom stereocenters. The molecule has 180 valence electrons. The molecule has 3 amide bonds. The van der Waals surface area contributed by atoms with Crippen LogP contribution in [0, 0.1) is 0 Å². The first-order chi connectivity index (χ1) is 16.1. The van der Waals surface area contributed by atoms with Crippen molar-refractivity contribution in [2.75, 3.05) is 4.90 Å². The van der Waals surface area contributed by atoms with Crippen molar-refractivity contribution in [3.05, 3.63) is 59.1 Å². The van der Waals surface area contributed by atoms with Crippen LogP contribution in [0.3, 0.4) is 0 Å². The van der Waals surface area contributed by atoms with Crippen LogP contribution in [0.1, 0.15) is 44.1 Å². The van der Waals surface area contributed by atoms with E-state index in [4.69, 9.17) is 16.7 Å². The molecule has 0 bridgehead atoms. The van der Waals surface area contributed by atoms with Gasteiger partial charge in [0.2, 0.25) is 21.8 Å². The van der Waals surface area contributed by atoms with Crippen LogP contribution >= 0.6 is 11.6 Å². The van der Waals surface area contributed by atoms with Crippen molar-refractivity contribution < 1.29 is 22.8 Å². The number of sulfonamides is 1. The Bertz CT molecular complexity index is 1190. The third-order valence-electron chi connectivity index (χ3n) is 6.41. The molecular weight excluding hydrogens is 478 g/mol. The molecule has 1 aliphatic heterocycles. The molecule has 0 aromatic heterocycles. The fourth-order valence-electron chi connectivity index (χ4n) is 4.75. The van der Waals surface area contributed by atoms with Crippen LogP contribution in [0.4, 0.5) is 5.69 Å². The first-order valence-corrected chi connectivity index (χ1v) is 13.1. The van der Waals surface area contributed by atoms with Crippen molar-refractivity contribution in [1.82, 2.24) is 4.90 Å². The summed E-state index contributed by atoms with van der Waals surface area (Å²) in [7, 11) is -3.90. The lowest BCUT2D eigenvalue weighted by Crippen LogP contribution is -2.51. The third kappa shape index (κ3) is 5.16. The van der Waals surface area contributed by atoms with Crippen molar-refractivity contribution >= 4 is 45.0 Å². The number of amides is 3. The molecule has 2 fully saturated rings. The summed E-state index contributed by atoms with van der Waals surface area (Å²) in [5.41, 5.74) is 1.03. The standard InChI is InChI=1S/C24H26ClN3O5S/c25-17-8-6-16(7-9-17)14-22(29)27(18-4-2-1-3-5-18)21-15-23(30)28(24(21)31)19-10-12-20(13-11-19)34(26,32)33/h6-13,18,21H,1-5,14-15H2,(H2,26,32,33). The first kappa shape index (κ1) is 24.4. The number of rotatable bonds is 6. The Morgan fingerprint density at radius 2 is 1.62 bits per heavy atom. The van der Waals surface area contributed by atoms with Crippen LogP contribution in [-0.2, 0) is 30.8 Å². The Labute approximate surface area is 203 Å². The van der Waals surface area contributed by atoms with Gasteiger partial charge < -0.3 is 4.90 Å². The number of carbonyl (C=O) groups excluding carboxylic acids is 3. The predicted molar refractivity (Wildman–Crippen MR) is 128 cm³/mol. The van der Waals surface area contributed by atoms with Gasteiger partial charge in [-0.05, 0) is 54.8 Å². The molecule has 2 aromatic carbocycles. The number of hydrogen-bond acceptors (Lipinski definition) is 5. The number of halogens is 1. The molecule has 10 heteroatoms. The zero-order valence-corrected chi connectivity index (χ0v) is 20.1. The highest BCUT2D eigenvalue weighted by atomic mass is 35.5. The fraction of sp³-hybridized carbons (Fsp3) is 0.375. The van der Waals surface area contributed by atoms with Gasteiger partial charge in [0.25, 0.3) is 5.91 Å². The maximum absolute atomic E-state index is 13.5. The molecule has 1 aliphatic carbocycles. The van der Waals surface area contributed by atoms with E-state index in [0.29, 0.717) is 5.02 Å². The lowest BCUT2D eigenvalue weighted by Gasteiger charge is -2.37. The molecule has 2 aromatic rings. The van der Waals surface area contributed by atoms with E-state index in [1.807, 2.05) is 0 Å². The van der Waals surface area contributed by atoms with Gasteiger partial charge in [-0.2, -0.15) is 0 Å². The molecule has 1 saturated carbocycles. The van der Waals surface area contributed by atoms with Crippen molar-refractivity contribution in [2.24, 2.45) is 5.14 Å². The second-order valence-corrected chi connectivity index (χ2v) is 10.7. The zero-order valence-electron chi connectivity index (χ0n) is 18.5. The monoisotopic (exact) mass is 503 g/mol. The lowest BCUT2D eigenvalue weighted by molar-refractivity contribution is -0.141. The van der Waals surface area contributed by atoms with E-state index in [1.165, 1.54) is 24.3 Å². The average Bonchev–Trinajstić information content (AvgIpc) is 3.09. The zero-order chi connectivity index (χ0) is 24.5. The van der Waals surface area contributed by atoms with E-state index >= 15 is 0 Å². The van der Waals surface area contributed by atoms with Crippen LogP contribution < -0.4 is 10.0 Å². The third-order valence-corrected chi connectivity index (χ3v) is 7.59. The molecule has 0 spiro atoms. The number of nitrogens with zero attached hydrogens (tertiary/aromatic N) is 2. The minimum absolute atomic E-state index is 0.106. The summed E-state index contributed by atoms with van der Waals surface area (Å²) in [5, 5.41) is 5.71. The molecule has 0 radical (unpaired) electrons. The Morgan fingerprint density at radius 3 is 2.21 bits per heavy atom. The molecule has 2 N–H and O–H groups in total. The van der Waals surface area contributed by atoms with Gasteiger partial charge in [0.15, 0.2) is 0 Å². The van der Waals surface area contributed by atoms with E-state index in [2.05, 4.69) is 0 Å². The van der Waals surface area contributed by atoms with Gasteiger partial charge in [0.1, 0.15) is 6.04 Å². The Hall–Kier alpha value is -2.75. The predicted octanol–water partition coefficient (Wildman–Crippen LogP) is 3.02. The summed E-state index contributed by atoms with van der Waals surface area (Å²) in [4.78, 5) is 42.3. The summed E-state index contributed by atoms with van der Waals surface area (Å²) < 4.78 is 23.1. The van der Waals surface area contributed by atoms with Crippen molar-refractivity contribution in [3.8, 4) is 0 Å². The van der Waals surface area contributed by atoms with Crippen molar-refractivity contribution in [1.29, 1.82) is 0 Å². The van der Waals surface area contributed by atoms with Gasteiger partial charge >= 0.3 is 0 Å². The van der Waals surface area contributed by atoms with Crippen LogP contribution in [0.25, 0.3) is 0 Å².